The first-order valence-corrected chi connectivity index (χ1v) is 9.48. The normalized spacial score (nSPS) is 10.4. The third-order valence-electron chi connectivity index (χ3n) is 3.50. The lowest BCUT2D eigenvalue weighted by Crippen LogP contribution is -2.40. The van der Waals surface area contributed by atoms with Crippen LogP contribution in [0.15, 0.2) is 48.5 Å². The summed E-state index contributed by atoms with van der Waals surface area (Å²) >= 11 is 7.31. The van der Waals surface area contributed by atoms with Gasteiger partial charge in [0.2, 0.25) is 0 Å². The van der Waals surface area contributed by atoms with Gasteiger partial charge in [-0.05, 0) is 61.0 Å². The zero-order chi connectivity index (χ0) is 17.4. The van der Waals surface area contributed by atoms with Crippen LogP contribution in [-0.2, 0) is 6.54 Å². The average Bonchev–Trinajstić information content (AvgIpc) is 2.59. The van der Waals surface area contributed by atoms with Crippen molar-refractivity contribution in [3.63, 3.8) is 0 Å². The summed E-state index contributed by atoms with van der Waals surface area (Å²) in [7, 11) is 0. The van der Waals surface area contributed by atoms with E-state index in [-0.39, 0.29) is 11.6 Å². The Hall–Kier alpha value is -1.79. The second-order valence-corrected chi connectivity index (χ2v) is 6.64. The minimum Gasteiger partial charge on any atom is -0.508 e. The van der Waals surface area contributed by atoms with Gasteiger partial charge in [-0.2, -0.15) is 11.8 Å². The highest BCUT2D eigenvalue weighted by Crippen LogP contribution is 2.23. The summed E-state index contributed by atoms with van der Waals surface area (Å²) < 4.78 is 13.2. The topological polar surface area (TPSA) is 35.5 Å². The number of benzene rings is 2. The van der Waals surface area contributed by atoms with Gasteiger partial charge < -0.3 is 15.3 Å². The number of para-hydroxylation sites is 1. The standard InChI is InChI=1S/C18H21FN2OS2/c1-24-12-4-11-20-18(23)21(16-9-7-15(19)8-10-16)13-14-5-2-3-6-17(14)22/h2-3,5-10,22H,4,11-13H2,1H3,(H,20,23). The number of halogens is 1. The number of nitrogens with zero attached hydrogens (tertiary/aromatic N) is 1. The van der Waals surface area contributed by atoms with E-state index in [1.165, 1.54) is 12.1 Å². The van der Waals surface area contributed by atoms with E-state index in [4.69, 9.17) is 12.2 Å². The molecule has 0 saturated heterocycles. The maximum absolute atomic E-state index is 13.2. The van der Waals surface area contributed by atoms with Gasteiger partial charge in [0, 0.05) is 17.8 Å². The van der Waals surface area contributed by atoms with Crippen LogP contribution in [0, 0.1) is 5.82 Å². The Labute approximate surface area is 151 Å². The van der Waals surface area contributed by atoms with Crippen LogP contribution in [0.3, 0.4) is 0 Å². The predicted octanol–water partition coefficient (Wildman–Crippen LogP) is 4.17. The van der Waals surface area contributed by atoms with Crippen molar-refractivity contribution in [1.29, 1.82) is 0 Å². The van der Waals surface area contributed by atoms with Gasteiger partial charge in [0.15, 0.2) is 5.11 Å². The minimum absolute atomic E-state index is 0.217. The molecule has 0 atom stereocenters. The molecule has 0 unspecified atom stereocenters. The Morgan fingerprint density at radius 1 is 1.21 bits per heavy atom. The third kappa shape index (κ3) is 5.39. The summed E-state index contributed by atoms with van der Waals surface area (Å²) in [5.41, 5.74) is 1.54. The van der Waals surface area contributed by atoms with Crippen molar-refractivity contribution in [2.75, 3.05) is 23.5 Å². The highest BCUT2D eigenvalue weighted by atomic mass is 32.2. The zero-order valence-corrected chi connectivity index (χ0v) is 15.2. The molecule has 0 aliphatic carbocycles. The molecule has 0 aliphatic heterocycles. The van der Waals surface area contributed by atoms with Gasteiger partial charge in [-0.25, -0.2) is 4.39 Å². The van der Waals surface area contributed by atoms with Crippen LogP contribution >= 0.6 is 24.0 Å². The summed E-state index contributed by atoms with van der Waals surface area (Å²) in [5.74, 6) is 0.987. The lowest BCUT2D eigenvalue weighted by Gasteiger charge is -2.26. The molecule has 0 fully saturated rings. The number of nitrogens with one attached hydrogen (secondary N) is 1. The third-order valence-corrected chi connectivity index (χ3v) is 4.57. The molecular formula is C18H21FN2OS2. The number of thiocarbonyl (C=S) groups is 1. The number of rotatable bonds is 7. The highest BCUT2D eigenvalue weighted by Gasteiger charge is 2.14. The first kappa shape index (κ1) is 18.5. The van der Waals surface area contributed by atoms with E-state index in [1.54, 1.807) is 36.0 Å². The summed E-state index contributed by atoms with van der Waals surface area (Å²) in [6.07, 6.45) is 3.08. The van der Waals surface area contributed by atoms with E-state index in [1.807, 2.05) is 17.0 Å². The van der Waals surface area contributed by atoms with Crippen LogP contribution < -0.4 is 10.2 Å². The molecule has 0 aliphatic rings. The van der Waals surface area contributed by atoms with Crippen LogP contribution in [0.5, 0.6) is 5.75 Å². The van der Waals surface area contributed by atoms with Crippen molar-refractivity contribution in [2.24, 2.45) is 0 Å². The van der Waals surface area contributed by atoms with Gasteiger partial charge in [0.25, 0.3) is 0 Å². The smallest absolute Gasteiger partial charge is 0.173 e. The van der Waals surface area contributed by atoms with E-state index in [0.717, 1.165) is 30.0 Å². The van der Waals surface area contributed by atoms with Gasteiger partial charge in [0.1, 0.15) is 11.6 Å². The van der Waals surface area contributed by atoms with E-state index in [2.05, 4.69) is 11.6 Å². The van der Waals surface area contributed by atoms with Crippen molar-refractivity contribution in [3.8, 4) is 5.75 Å². The van der Waals surface area contributed by atoms with Gasteiger partial charge >= 0.3 is 0 Å². The molecule has 0 heterocycles. The number of thioether (sulfide) groups is 1. The molecule has 0 amide bonds. The van der Waals surface area contributed by atoms with E-state index in [9.17, 15) is 9.50 Å². The monoisotopic (exact) mass is 364 g/mol. The quantitative estimate of drug-likeness (QED) is 0.570. The molecule has 6 heteroatoms. The number of hydrogen-bond acceptors (Lipinski definition) is 3. The molecule has 2 rings (SSSR count). The summed E-state index contributed by atoms with van der Waals surface area (Å²) in [4.78, 5) is 1.86. The van der Waals surface area contributed by atoms with Crippen LogP contribution in [0.2, 0.25) is 0 Å². The number of anilines is 1. The molecule has 2 N–H and O–H groups in total. The minimum atomic E-state index is -0.292. The summed E-state index contributed by atoms with van der Waals surface area (Å²) in [6, 6.07) is 13.3. The Balaban J connectivity index is 2.16. The maximum atomic E-state index is 13.2. The molecule has 2 aromatic carbocycles. The lowest BCUT2D eigenvalue weighted by atomic mass is 10.1. The van der Waals surface area contributed by atoms with Crippen LogP contribution in [0.4, 0.5) is 10.1 Å². The molecule has 24 heavy (non-hydrogen) atoms. The Morgan fingerprint density at radius 3 is 2.58 bits per heavy atom. The molecule has 0 spiro atoms. The predicted molar refractivity (Wildman–Crippen MR) is 104 cm³/mol. The van der Waals surface area contributed by atoms with E-state index >= 15 is 0 Å². The molecule has 3 nitrogen and oxygen atoms in total. The van der Waals surface area contributed by atoms with E-state index < -0.39 is 0 Å². The number of phenols is 1. The van der Waals surface area contributed by atoms with Gasteiger partial charge in [-0.1, -0.05) is 18.2 Å². The molecular weight excluding hydrogens is 343 g/mol. The molecule has 2 aromatic rings. The number of aromatic hydroxyl groups is 1. The van der Waals surface area contributed by atoms with Crippen molar-refractivity contribution in [3.05, 3.63) is 59.9 Å². The van der Waals surface area contributed by atoms with Crippen molar-refractivity contribution >= 4 is 34.8 Å². The van der Waals surface area contributed by atoms with Crippen molar-refractivity contribution in [2.45, 2.75) is 13.0 Å². The average molecular weight is 365 g/mol. The van der Waals surface area contributed by atoms with Gasteiger partial charge in [-0.3, -0.25) is 0 Å². The summed E-state index contributed by atoms with van der Waals surface area (Å²) in [6.45, 7) is 1.19. The first-order chi connectivity index (χ1) is 11.6. The van der Waals surface area contributed by atoms with Crippen molar-refractivity contribution < 1.29 is 9.50 Å². The summed E-state index contributed by atoms with van der Waals surface area (Å²) in [5, 5.41) is 13.8. The molecule has 0 radical (unpaired) electrons. The molecule has 0 aromatic heterocycles. The largest absolute Gasteiger partial charge is 0.508 e. The fourth-order valence-corrected chi connectivity index (χ4v) is 2.93. The second kappa shape index (κ2) is 9.49. The van der Waals surface area contributed by atoms with E-state index in [0.29, 0.717) is 11.7 Å². The molecule has 128 valence electrons. The fraction of sp³-hybridized carbons (Fsp3) is 0.278. The van der Waals surface area contributed by atoms with Crippen LogP contribution in [-0.4, -0.2) is 28.8 Å². The Kier molecular flexibility index (Phi) is 7.34. The number of phenolic OH excluding ortho intramolecular Hbond substituents is 1. The Bertz CT molecular complexity index is 664. The highest BCUT2D eigenvalue weighted by molar-refractivity contribution is 7.98. The maximum Gasteiger partial charge on any atom is 0.173 e. The van der Waals surface area contributed by atoms with Gasteiger partial charge in [-0.15, -0.1) is 0 Å². The van der Waals surface area contributed by atoms with Crippen molar-refractivity contribution in [1.82, 2.24) is 5.32 Å². The van der Waals surface area contributed by atoms with Crippen LogP contribution in [0.1, 0.15) is 12.0 Å². The fourth-order valence-electron chi connectivity index (χ4n) is 2.22. The zero-order valence-electron chi connectivity index (χ0n) is 13.5. The van der Waals surface area contributed by atoms with Gasteiger partial charge in [0.05, 0.1) is 6.54 Å². The van der Waals surface area contributed by atoms with Crippen LogP contribution in [0.25, 0.3) is 0 Å². The SMILES string of the molecule is CSCCCNC(=S)N(Cc1ccccc1O)c1ccc(F)cc1. The number of hydrogen-bond donors (Lipinski definition) is 2. The molecule has 0 saturated carbocycles. The molecule has 0 bridgehead atoms. The second-order valence-electron chi connectivity index (χ2n) is 5.27. The first-order valence-electron chi connectivity index (χ1n) is 7.68. The lowest BCUT2D eigenvalue weighted by molar-refractivity contribution is 0.468. The Morgan fingerprint density at radius 2 is 1.92 bits per heavy atom.